The predicted octanol–water partition coefficient (Wildman–Crippen LogP) is 0.585. The maximum absolute atomic E-state index is 11.1. The van der Waals surface area contributed by atoms with Crippen molar-refractivity contribution in [3.05, 3.63) is 23.8 Å². The van der Waals surface area contributed by atoms with Gasteiger partial charge in [-0.05, 0) is 19.0 Å². The summed E-state index contributed by atoms with van der Waals surface area (Å²) in [7, 11) is 1.63. The minimum absolute atomic E-state index is 0.0234. The van der Waals surface area contributed by atoms with E-state index in [0.717, 1.165) is 37.4 Å². The van der Waals surface area contributed by atoms with Crippen LogP contribution in [0.5, 0.6) is 5.75 Å². The highest BCUT2D eigenvalue weighted by Gasteiger charge is 2.26. The van der Waals surface area contributed by atoms with Crippen molar-refractivity contribution >= 4 is 11.6 Å². The number of benzene rings is 1. The first-order valence-corrected chi connectivity index (χ1v) is 6.04. The van der Waals surface area contributed by atoms with Crippen molar-refractivity contribution in [2.75, 3.05) is 25.9 Å². The molecule has 0 aromatic heterocycles. The van der Waals surface area contributed by atoms with Gasteiger partial charge in [-0.1, -0.05) is 6.07 Å². The van der Waals surface area contributed by atoms with Gasteiger partial charge in [0.15, 0.2) is 0 Å². The SMILES string of the molecule is COc1cc(N)ccc1CN1CCC(C(N)=O)C1. The average molecular weight is 249 g/mol. The zero-order chi connectivity index (χ0) is 13.1. The van der Waals surface area contributed by atoms with Crippen LogP contribution in [0, 0.1) is 5.92 Å². The summed E-state index contributed by atoms with van der Waals surface area (Å²) in [6.07, 6.45) is 0.840. The van der Waals surface area contributed by atoms with E-state index in [1.165, 1.54) is 0 Å². The lowest BCUT2D eigenvalue weighted by Gasteiger charge is -2.17. The number of nitrogen functional groups attached to an aromatic ring is 1. The maximum Gasteiger partial charge on any atom is 0.221 e. The van der Waals surface area contributed by atoms with E-state index in [4.69, 9.17) is 16.2 Å². The number of carbonyl (C=O) groups excluding carboxylic acids is 1. The summed E-state index contributed by atoms with van der Waals surface area (Å²) in [5, 5.41) is 0. The Balaban J connectivity index is 2.04. The molecular weight excluding hydrogens is 230 g/mol. The Hall–Kier alpha value is -1.75. The first-order chi connectivity index (χ1) is 8.60. The van der Waals surface area contributed by atoms with Crippen LogP contribution >= 0.6 is 0 Å². The van der Waals surface area contributed by atoms with Crippen molar-refractivity contribution < 1.29 is 9.53 Å². The number of amides is 1. The molecule has 0 aliphatic carbocycles. The van der Waals surface area contributed by atoms with Gasteiger partial charge in [0.2, 0.25) is 5.91 Å². The molecule has 4 N–H and O–H groups in total. The first-order valence-electron chi connectivity index (χ1n) is 6.04. The molecule has 5 heteroatoms. The molecule has 1 fully saturated rings. The molecule has 1 atom stereocenters. The van der Waals surface area contributed by atoms with Gasteiger partial charge in [-0.2, -0.15) is 0 Å². The van der Waals surface area contributed by atoms with Crippen LogP contribution < -0.4 is 16.2 Å². The minimum atomic E-state index is -0.207. The number of likely N-dealkylation sites (tertiary alicyclic amines) is 1. The van der Waals surface area contributed by atoms with Gasteiger partial charge in [0.1, 0.15) is 5.75 Å². The van der Waals surface area contributed by atoms with Crippen LogP contribution in [0.15, 0.2) is 18.2 Å². The third-order valence-electron chi connectivity index (χ3n) is 3.38. The molecule has 1 heterocycles. The summed E-state index contributed by atoms with van der Waals surface area (Å²) in [5.41, 5.74) is 12.8. The quantitative estimate of drug-likeness (QED) is 0.765. The first kappa shape index (κ1) is 12.7. The van der Waals surface area contributed by atoms with Crippen LogP contribution in [-0.4, -0.2) is 31.0 Å². The Bertz CT molecular complexity index is 448. The molecule has 0 saturated carbocycles. The molecule has 2 rings (SSSR count). The summed E-state index contributed by atoms with van der Waals surface area (Å²) in [6, 6.07) is 5.64. The molecule has 1 aromatic rings. The Labute approximate surface area is 107 Å². The van der Waals surface area contributed by atoms with Crippen LogP contribution in [0.3, 0.4) is 0 Å². The molecule has 1 aliphatic rings. The van der Waals surface area contributed by atoms with E-state index in [2.05, 4.69) is 4.90 Å². The van der Waals surface area contributed by atoms with Crippen molar-refractivity contribution in [1.82, 2.24) is 4.90 Å². The van der Waals surface area contributed by atoms with Gasteiger partial charge in [0, 0.05) is 30.4 Å². The second-order valence-electron chi connectivity index (χ2n) is 4.69. The van der Waals surface area contributed by atoms with Gasteiger partial charge in [0.05, 0.1) is 13.0 Å². The Morgan fingerprint density at radius 2 is 2.33 bits per heavy atom. The van der Waals surface area contributed by atoms with E-state index in [1.807, 2.05) is 18.2 Å². The van der Waals surface area contributed by atoms with Crippen LogP contribution in [0.2, 0.25) is 0 Å². The van der Waals surface area contributed by atoms with Crippen molar-refractivity contribution in [2.24, 2.45) is 11.7 Å². The highest BCUT2D eigenvalue weighted by Crippen LogP contribution is 2.25. The fourth-order valence-electron chi connectivity index (χ4n) is 2.34. The van der Waals surface area contributed by atoms with E-state index in [0.29, 0.717) is 5.69 Å². The van der Waals surface area contributed by atoms with Gasteiger partial charge in [-0.15, -0.1) is 0 Å². The summed E-state index contributed by atoms with van der Waals surface area (Å²) in [4.78, 5) is 13.3. The molecular formula is C13H19N3O2. The largest absolute Gasteiger partial charge is 0.496 e. The van der Waals surface area contributed by atoms with Crippen LogP contribution in [0.1, 0.15) is 12.0 Å². The Kier molecular flexibility index (Phi) is 3.72. The Morgan fingerprint density at radius 3 is 2.94 bits per heavy atom. The van der Waals surface area contributed by atoms with Crippen molar-refractivity contribution in [2.45, 2.75) is 13.0 Å². The molecule has 1 amide bonds. The lowest BCUT2D eigenvalue weighted by atomic mass is 10.1. The number of anilines is 1. The second-order valence-corrected chi connectivity index (χ2v) is 4.69. The standard InChI is InChI=1S/C13H19N3O2/c1-18-12-6-11(14)3-2-9(12)7-16-5-4-10(8-16)13(15)17/h2-3,6,10H,4-5,7-8,14H2,1H3,(H2,15,17). The lowest BCUT2D eigenvalue weighted by Crippen LogP contribution is -2.27. The van der Waals surface area contributed by atoms with E-state index in [1.54, 1.807) is 7.11 Å². The maximum atomic E-state index is 11.1. The molecule has 98 valence electrons. The molecule has 5 nitrogen and oxygen atoms in total. The number of primary amides is 1. The number of hydrogen-bond donors (Lipinski definition) is 2. The molecule has 1 unspecified atom stereocenters. The van der Waals surface area contributed by atoms with E-state index >= 15 is 0 Å². The molecule has 0 spiro atoms. The van der Waals surface area contributed by atoms with Crippen LogP contribution in [0.4, 0.5) is 5.69 Å². The number of hydrogen-bond acceptors (Lipinski definition) is 4. The van der Waals surface area contributed by atoms with Crippen LogP contribution in [-0.2, 0) is 11.3 Å². The Morgan fingerprint density at radius 1 is 1.56 bits per heavy atom. The van der Waals surface area contributed by atoms with Crippen LogP contribution in [0.25, 0.3) is 0 Å². The molecule has 1 aliphatic heterocycles. The van der Waals surface area contributed by atoms with Gasteiger partial charge < -0.3 is 16.2 Å². The summed E-state index contributed by atoms with van der Waals surface area (Å²) in [6.45, 7) is 2.37. The lowest BCUT2D eigenvalue weighted by molar-refractivity contribution is -0.121. The second kappa shape index (κ2) is 5.27. The summed E-state index contributed by atoms with van der Waals surface area (Å²) >= 11 is 0. The molecule has 1 saturated heterocycles. The normalized spacial score (nSPS) is 19.9. The average Bonchev–Trinajstić information content (AvgIpc) is 2.80. The molecule has 1 aromatic carbocycles. The number of rotatable bonds is 4. The van der Waals surface area contributed by atoms with Gasteiger partial charge in [-0.3, -0.25) is 9.69 Å². The molecule has 0 radical (unpaired) electrons. The summed E-state index contributed by atoms with van der Waals surface area (Å²) in [5.74, 6) is 0.559. The van der Waals surface area contributed by atoms with Gasteiger partial charge in [0.25, 0.3) is 0 Å². The number of nitrogens with zero attached hydrogens (tertiary/aromatic N) is 1. The van der Waals surface area contributed by atoms with Crippen molar-refractivity contribution in [1.29, 1.82) is 0 Å². The number of methoxy groups -OCH3 is 1. The van der Waals surface area contributed by atoms with E-state index in [-0.39, 0.29) is 11.8 Å². The number of carbonyl (C=O) groups is 1. The zero-order valence-corrected chi connectivity index (χ0v) is 10.6. The fraction of sp³-hybridized carbons (Fsp3) is 0.462. The molecule has 0 bridgehead atoms. The third-order valence-corrected chi connectivity index (χ3v) is 3.38. The van der Waals surface area contributed by atoms with Crippen molar-refractivity contribution in [3.63, 3.8) is 0 Å². The fourth-order valence-corrected chi connectivity index (χ4v) is 2.34. The predicted molar refractivity (Wildman–Crippen MR) is 70.0 cm³/mol. The highest BCUT2D eigenvalue weighted by atomic mass is 16.5. The highest BCUT2D eigenvalue weighted by molar-refractivity contribution is 5.77. The summed E-state index contributed by atoms with van der Waals surface area (Å²) < 4.78 is 5.31. The monoisotopic (exact) mass is 249 g/mol. The zero-order valence-electron chi connectivity index (χ0n) is 10.6. The van der Waals surface area contributed by atoms with Crippen molar-refractivity contribution in [3.8, 4) is 5.75 Å². The number of ether oxygens (including phenoxy) is 1. The van der Waals surface area contributed by atoms with Gasteiger partial charge in [-0.25, -0.2) is 0 Å². The topological polar surface area (TPSA) is 81.6 Å². The minimum Gasteiger partial charge on any atom is -0.496 e. The van der Waals surface area contributed by atoms with Gasteiger partial charge >= 0.3 is 0 Å². The molecule has 18 heavy (non-hydrogen) atoms. The number of nitrogens with two attached hydrogens (primary N) is 2. The van der Waals surface area contributed by atoms with E-state index in [9.17, 15) is 4.79 Å². The smallest absolute Gasteiger partial charge is 0.221 e. The van der Waals surface area contributed by atoms with E-state index < -0.39 is 0 Å². The third kappa shape index (κ3) is 2.73.